The summed E-state index contributed by atoms with van der Waals surface area (Å²) in [5.74, 6) is -12.6. The van der Waals surface area contributed by atoms with Crippen LogP contribution < -0.4 is 42.2 Å². The first kappa shape index (κ1) is 57.6. The summed E-state index contributed by atoms with van der Waals surface area (Å²) in [4.78, 5) is 158. The van der Waals surface area contributed by atoms with Crippen molar-refractivity contribution in [1.29, 1.82) is 0 Å². The third-order valence-corrected chi connectivity index (χ3v) is 12.3. The van der Waals surface area contributed by atoms with Crippen LogP contribution in [0.3, 0.4) is 0 Å². The molecule has 0 aliphatic carbocycles. The molecule has 26 nitrogen and oxygen atoms in total. The summed E-state index contributed by atoms with van der Waals surface area (Å²) in [5.41, 5.74) is 6.34. The van der Waals surface area contributed by atoms with Crippen LogP contribution in [-0.4, -0.2) is 143 Å². The summed E-state index contributed by atoms with van der Waals surface area (Å²) in [7, 11) is -10.3. The number of primary amides is 1. The van der Waals surface area contributed by atoms with Gasteiger partial charge in [-0.15, -0.1) is 0 Å². The molecule has 0 radical (unpaired) electrons. The highest BCUT2D eigenvalue weighted by Crippen LogP contribution is 2.37. The number of benzene rings is 2. The second-order valence-electron chi connectivity index (χ2n) is 15.7. The summed E-state index contributed by atoms with van der Waals surface area (Å²) in [6.07, 6.45) is -2.83. The van der Waals surface area contributed by atoms with Crippen LogP contribution in [-0.2, 0) is 69.6 Å². The molecule has 0 bridgehead atoms. The van der Waals surface area contributed by atoms with Crippen LogP contribution >= 0.6 is 27.4 Å². The number of carboxylic acids is 2. The number of carbonyl (C=O) groups excluding carboxylic acids is 7. The highest BCUT2D eigenvalue weighted by Gasteiger charge is 2.37. The SMILES string of the molecule is CC[C@H](C)[C@@H]1NC(=O)[C@H](Cc2ccc(OP(=O)(O)O)cc2)NC(=O)[C@H](CC(=O)O)NC(=O)[C@H](CCC(=O)O)N[C@H](C(N)=O)CSCC(=O)[C@H](Cc2ccccc2)NC(=O)[C@H](COP(=O)(O)O)NC1=O. The van der Waals surface area contributed by atoms with E-state index in [0.717, 1.165) is 23.9 Å². The Morgan fingerprint density at radius 3 is 1.81 bits per heavy atom. The highest BCUT2D eigenvalue weighted by atomic mass is 32.2. The number of thioether (sulfide) groups is 1. The quantitative estimate of drug-likeness (QED) is 0.0761. The zero-order valence-corrected chi connectivity index (χ0v) is 39.7. The van der Waals surface area contributed by atoms with Gasteiger partial charge in [-0.05, 0) is 42.0 Å². The Labute approximate surface area is 398 Å². The van der Waals surface area contributed by atoms with Crippen LogP contribution in [0.2, 0.25) is 0 Å². The minimum absolute atomic E-state index is 0.156. The average Bonchev–Trinajstić information content (AvgIpc) is 3.25. The number of hydrogen-bond acceptors (Lipinski definition) is 15. The van der Waals surface area contributed by atoms with E-state index in [1.807, 2.05) is 0 Å². The number of Topliss-reactive ketones (excluding diaryl/α,β-unsaturated/α-hetero) is 1. The maximum absolute atomic E-state index is 14.3. The van der Waals surface area contributed by atoms with Gasteiger partial charge in [-0.1, -0.05) is 62.7 Å². The van der Waals surface area contributed by atoms with E-state index in [1.54, 1.807) is 37.3 Å². The van der Waals surface area contributed by atoms with Crippen molar-refractivity contribution in [2.75, 3.05) is 18.1 Å². The molecule has 0 aromatic heterocycles. The Balaban J connectivity index is 2.21. The normalized spacial score (nSPS) is 23.6. The van der Waals surface area contributed by atoms with Crippen LogP contribution in [0, 0.1) is 5.92 Å². The number of phosphoric acid groups is 2. The van der Waals surface area contributed by atoms with E-state index in [1.165, 1.54) is 19.1 Å². The molecule has 2 aromatic carbocycles. The Morgan fingerprint density at radius 1 is 0.710 bits per heavy atom. The summed E-state index contributed by atoms with van der Waals surface area (Å²) >= 11 is 0.796. The molecule has 14 N–H and O–H groups in total. The van der Waals surface area contributed by atoms with Gasteiger partial charge in [0.05, 0.1) is 36.9 Å². The van der Waals surface area contributed by atoms with E-state index in [0.29, 0.717) is 5.56 Å². The molecule has 6 amide bonds. The number of rotatable bonds is 17. The first-order chi connectivity index (χ1) is 32.2. The van der Waals surface area contributed by atoms with E-state index in [-0.39, 0.29) is 29.9 Å². The monoisotopic (exact) mass is 1030 g/mol. The molecule has 29 heteroatoms. The fourth-order valence-electron chi connectivity index (χ4n) is 6.53. The fraction of sp³-hybridized carbons (Fsp3) is 0.475. The van der Waals surface area contributed by atoms with Gasteiger partial charge in [-0.25, -0.2) is 9.13 Å². The smallest absolute Gasteiger partial charge is 0.481 e. The van der Waals surface area contributed by atoms with Crippen molar-refractivity contribution >= 4 is 80.6 Å². The van der Waals surface area contributed by atoms with Crippen LogP contribution in [0.4, 0.5) is 0 Å². The number of hydrogen-bond donors (Lipinski definition) is 13. The largest absolute Gasteiger partial charge is 0.524 e. The van der Waals surface area contributed by atoms with Gasteiger partial charge in [-0.2, -0.15) is 11.8 Å². The lowest BCUT2D eigenvalue weighted by atomic mass is 9.96. The number of nitrogens with one attached hydrogen (secondary N) is 6. The van der Waals surface area contributed by atoms with E-state index < -0.39 is 155 Å². The predicted octanol–water partition coefficient (Wildman–Crippen LogP) is -2.01. The molecule has 1 aliphatic heterocycles. The van der Waals surface area contributed by atoms with Crippen molar-refractivity contribution in [3.8, 4) is 5.75 Å². The molecule has 3 rings (SSSR count). The van der Waals surface area contributed by atoms with Crippen LogP contribution in [0.15, 0.2) is 54.6 Å². The molecular formula is C40H55N7O19P2S. The van der Waals surface area contributed by atoms with E-state index in [9.17, 15) is 82.1 Å². The van der Waals surface area contributed by atoms with E-state index >= 15 is 0 Å². The zero-order chi connectivity index (χ0) is 51.6. The number of nitrogens with two attached hydrogens (primary N) is 1. The van der Waals surface area contributed by atoms with Crippen LogP contribution in [0.25, 0.3) is 0 Å². The molecule has 380 valence electrons. The van der Waals surface area contributed by atoms with Crippen molar-refractivity contribution in [1.82, 2.24) is 31.9 Å². The molecule has 69 heavy (non-hydrogen) atoms. The lowest BCUT2D eigenvalue weighted by Gasteiger charge is -2.30. The van der Waals surface area contributed by atoms with Gasteiger partial charge < -0.3 is 56.8 Å². The number of carbonyl (C=O) groups is 9. The van der Waals surface area contributed by atoms with Gasteiger partial charge in [0.25, 0.3) is 0 Å². The number of ketones is 1. The lowest BCUT2D eigenvalue weighted by Crippen LogP contribution is -2.62. The Hall–Kier alpha value is -5.76. The highest BCUT2D eigenvalue weighted by molar-refractivity contribution is 8.00. The number of carboxylic acid groups (broad SMARTS) is 2. The Bertz CT molecular complexity index is 2270. The molecule has 1 heterocycles. The molecule has 0 unspecified atom stereocenters. The molecule has 2 aromatic rings. The van der Waals surface area contributed by atoms with E-state index in [2.05, 4.69) is 40.9 Å². The third-order valence-electron chi connectivity index (χ3n) is 10.3. The summed E-state index contributed by atoms with van der Waals surface area (Å²) in [6.45, 7) is 1.97. The molecule has 0 saturated carbocycles. The van der Waals surface area contributed by atoms with Gasteiger partial charge in [0.15, 0.2) is 5.78 Å². The van der Waals surface area contributed by atoms with Crippen molar-refractivity contribution in [3.63, 3.8) is 0 Å². The van der Waals surface area contributed by atoms with Crippen molar-refractivity contribution in [2.45, 2.75) is 94.7 Å². The average molecular weight is 1030 g/mol. The molecule has 1 aliphatic rings. The maximum atomic E-state index is 14.3. The number of amides is 6. The molecular weight excluding hydrogens is 976 g/mol. The topological polar surface area (TPSA) is 426 Å². The van der Waals surface area contributed by atoms with Crippen molar-refractivity contribution in [2.24, 2.45) is 11.7 Å². The first-order valence-corrected chi connectivity index (χ1v) is 25.2. The second-order valence-corrected chi connectivity index (χ2v) is 19.1. The number of aliphatic carboxylic acids is 2. The van der Waals surface area contributed by atoms with Gasteiger partial charge >= 0.3 is 27.6 Å². The van der Waals surface area contributed by atoms with Crippen LogP contribution in [0.5, 0.6) is 5.75 Å². The Kier molecular flexibility index (Phi) is 22.4. The van der Waals surface area contributed by atoms with Crippen LogP contribution in [0.1, 0.15) is 50.7 Å². The lowest BCUT2D eigenvalue weighted by molar-refractivity contribution is -0.141. The zero-order valence-electron chi connectivity index (χ0n) is 37.0. The van der Waals surface area contributed by atoms with Gasteiger partial charge in [0.2, 0.25) is 35.4 Å². The predicted molar refractivity (Wildman–Crippen MR) is 241 cm³/mol. The van der Waals surface area contributed by atoms with E-state index in [4.69, 9.17) is 5.73 Å². The Morgan fingerprint density at radius 2 is 1.25 bits per heavy atom. The standard InChI is InChI=1S/C40H55N7O19P2S/c1-3-21(2)34-40(58)46-29(18-65-67(59,60)61)39(57)43-26(15-22-7-5-4-6-8-22)31(48)20-69-19-30(35(41)53)42-25(13-14-32(49)50)36(54)45-28(17-33(51)52)37(55)44-27(38(56)47-34)16-23-9-11-24(12-10-23)66-68(62,63)64/h4-12,21,25-30,34,42H,3,13-20H2,1-2H3,(H2,41,53)(H,43,57)(H,44,55)(H,45,54)(H,46,58)(H,47,56)(H,49,50)(H,51,52)(H2,59,60,61)(H2,62,63,64)/t21-,25-,26-,27-,28-,29-,30-,34-/m0/s1. The molecule has 1 fully saturated rings. The van der Waals surface area contributed by atoms with Gasteiger partial charge in [0.1, 0.15) is 29.9 Å². The summed E-state index contributed by atoms with van der Waals surface area (Å²) in [6, 6.07) is 1.11. The summed E-state index contributed by atoms with van der Waals surface area (Å²) < 4.78 is 32.4. The minimum atomic E-state index is -5.32. The second kappa shape index (κ2) is 26.8. The first-order valence-electron chi connectivity index (χ1n) is 20.9. The van der Waals surface area contributed by atoms with Gasteiger partial charge in [0, 0.05) is 18.6 Å². The third kappa shape index (κ3) is 20.8. The molecule has 8 atom stereocenters. The van der Waals surface area contributed by atoms with Crippen molar-refractivity contribution in [3.05, 3.63) is 65.7 Å². The summed E-state index contributed by atoms with van der Waals surface area (Å²) in [5, 5.41) is 33.7. The molecule has 0 spiro atoms. The molecule has 1 saturated heterocycles. The minimum Gasteiger partial charge on any atom is -0.481 e. The van der Waals surface area contributed by atoms with Crippen molar-refractivity contribution < 1.29 is 91.1 Å². The fourth-order valence-corrected chi connectivity index (χ4v) is 8.28. The maximum Gasteiger partial charge on any atom is 0.524 e. The number of phosphoric ester groups is 2. The van der Waals surface area contributed by atoms with Gasteiger partial charge in [-0.3, -0.25) is 62.8 Å².